The highest BCUT2D eigenvalue weighted by Crippen LogP contribution is 2.66. The maximum atomic E-state index is 13.5. The molecule has 2 aliphatic carbocycles. The van der Waals surface area contributed by atoms with Crippen molar-refractivity contribution in [2.75, 3.05) is 20.6 Å². The third-order valence-corrected chi connectivity index (χ3v) is 9.80. The van der Waals surface area contributed by atoms with Gasteiger partial charge in [0, 0.05) is 25.1 Å². The Hall–Kier alpha value is -2.78. The van der Waals surface area contributed by atoms with Crippen molar-refractivity contribution in [2.24, 2.45) is 5.92 Å². The number of alkyl halides is 3. The van der Waals surface area contributed by atoms with Crippen molar-refractivity contribution >= 4 is 5.91 Å². The van der Waals surface area contributed by atoms with E-state index in [0.717, 1.165) is 29.8 Å². The summed E-state index contributed by atoms with van der Waals surface area (Å²) < 4.78 is 45.2. The van der Waals surface area contributed by atoms with Crippen LogP contribution in [-0.2, 0) is 29.2 Å². The molecule has 0 aromatic heterocycles. The van der Waals surface area contributed by atoms with Crippen molar-refractivity contribution in [3.8, 4) is 11.5 Å². The van der Waals surface area contributed by atoms with Gasteiger partial charge in [-0.15, -0.1) is 0 Å². The van der Waals surface area contributed by atoms with E-state index in [1.54, 1.807) is 18.0 Å². The minimum Gasteiger partial charge on any atom is -0.504 e. The summed E-state index contributed by atoms with van der Waals surface area (Å²) in [5.41, 5.74) is 0.135. The van der Waals surface area contributed by atoms with Crippen molar-refractivity contribution in [3.05, 3.63) is 58.7 Å². The van der Waals surface area contributed by atoms with Crippen LogP contribution < -0.4 is 4.74 Å². The molecule has 1 spiro atoms. The Labute approximate surface area is 220 Å². The van der Waals surface area contributed by atoms with Crippen LogP contribution in [0.1, 0.15) is 48.4 Å². The maximum Gasteiger partial charge on any atom is 0.416 e. The number of aromatic hydroxyl groups is 1. The van der Waals surface area contributed by atoms with Crippen molar-refractivity contribution in [3.63, 3.8) is 0 Å². The summed E-state index contributed by atoms with van der Waals surface area (Å²) in [6.45, 7) is 2.81. The number of ether oxygens (including phenoxy) is 1. The number of piperidine rings is 1. The van der Waals surface area contributed by atoms with Gasteiger partial charge in [-0.25, -0.2) is 0 Å². The number of likely N-dealkylation sites (tertiary alicyclic amines) is 1. The number of amides is 1. The van der Waals surface area contributed by atoms with E-state index >= 15 is 0 Å². The summed E-state index contributed by atoms with van der Waals surface area (Å²) in [6.07, 6.45) is -2.63. The standard InChI is InChI=1S/C29H33F3N2O4/c1-16-15-28(37)21-14-18-7-10-20(35)25-23(18)27(28,12-13-33(21)2)26(38-25)24(16)34(3)22(36)11-6-17-4-8-19(9-5-17)29(30,31)32/h4-5,7-10,16,21,24,26,35,37H,6,11-15H2,1-3H3/t16?,21-,24?,26?,27+,28-/m1/s1. The molecule has 2 bridgehead atoms. The third-order valence-electron chi connectivity index (χ3n) is 9.80. The Morgan fingerprint density at radius 1 is 1.21 bits per heavy atom. The summed E-state index contributed by atoms with van der Waals surface area (Å²) in [7, 11) is 3.79. The van der Waals surface area contributed by atoms with Crippen LogP contribution in [0.4, 0.5) is 13.2 Å². The fraction of sp³-hybridized carbons (Fsp3) is 0.552. The number of carbonyl (C=O) groups excluding carboxylic acids is 1. The van der Waals surface area contributed by atoms with E-state index in [1.807, 2.05) is 20.0 Å². The lowest BCUT2D eigenvalue weighted by atomic mass is 9.47. The molecule has 2 aromatic rings. The molecule has 1 amide bonds. The zero-order chi connectivity index (χ0) is 27.2. The molecule has 4 aliphatic rings. The van der Waals surface area contributed by atoms with E-state index in [0.29, 0.717) is 37.0 Å². The quantitative estimate of drug-likeness (QED) is 0.628. The maximum absolute atomic E-state index is 13.5. The molecule has 38 heavy (non-hydrogen) atoms. The zero-order valence-electron chi connectivity index (χ0n) is 21.8. The molecule has 6 nitrogen and oxygen atoms in total. The van der Waals surface area contributed by atoms with E-state index in [2.05, 4.69) is 4.90 Å². The number of aliphatic hydroxyl groups is 1. The summed E-state index contributed by atoms with van der Waals surface area (Å²) in [4.78, 5) is 17.4. The van der Waals surface area contributed by atoms with Crippen LogP contribution in [0.15, 0.2) is 36.4 Å². The van der Waals surface area contributed by atoms with Gasteiger partial charge in [0.25, 0.3) is 0 Å². The molecule has 1 saturated carbocycles. The van der Waals surface area contributed by atoms with Gasteiger partial charge in [0.1, 0.15) is 6.10 Å². The van der Waals surface area contributed by atoms with Crippen LogP contribution in [0.5, 0.6) is 11.5 Å². The number of hydrogen-bond acceptors (Lipinski definition) is 5. The number of hydrogen-bond donors (Lipinski definition) is 2. The zero-order valence-corrected chi connectivity index (χ0v) is 21.8. The Bertz CT molecular complexity index is 1280. The minimum atomic E-state index is -4.40. The predicted molar refractivity (Wildman–Crippen MR) is 134 cm³/mol. The second kappa shape index (κ2) is 8.36. The van der Waals surface area contributed by atoms with Gasteiger partial charge < -0.3 is 24.7 Å². The number of phenolic OH excluding ortho intramolecular Hbond substituents is 1. The molecule has 6 atom stereocenters. The molecule has 2 aromatic carbocycles. The van der Waals surface area contributed by atoms with Gasteiger partial charge in [0.05, 0.1) is 22.6 Å². The van der Waals surface area contributed by atoms with Crippen LogP contribution >= 0.6 is 0 Å². The van der Waals surface area contributed by atoms with Crippen LogP contribution in [0.25, 0.3) is 0 Å². The van der Waals surface area contributed by atoms with Crippen LogP contribution in [0, 0.1) is 5.92 Å². The molecular weight excluding hydrogens is 497 g/mol. The van der Waals surface area contributed by atoms with Gasteiger partial charge >= 0.3 is 6.18 Å². The monoisotopic (exact) mass is 530 g/mol. The molecule has 1 saturated heterocycles. The number of rotatable bonds is 4. The fourth-order valence-corrected chi connectivity index (χ4v) is 8.04. The molecular formula is C29H33F3N2O4. The average Bonchev–Trinajstić information content (AvgIpc) is 3.21. The highest BCUT2D eigenvalue weighted by molar-refractivity contribution is 5.77. The third kappa shape index (κ3) is 3.37. The smallest absolute Gasteiger partial charge is 0.416 e. The van der Waals surface area contributed by atoms with Crippen molar-refractivity contribution in [1.82, 2.24) is 9.80 Å². The normalized spacial score (nSPS) is 33.4. The SMILES string of the molecule is CC1C[C@@]2(O)[C@H]3Cc4ccc(O)c5c4[C@@]2(CCN3C)C(O5)C1N(C)C(=O)CCc1ccc(C(F)(F)F)cc1. The Kier molecular flexibility index (Phi) is 5.61. The number of phenols is 1. The number of carbonyl (C=O) groups is 1. The number of halogens is 3. The number of nitrogens with zero attached hydrogens (tertiary/aromatic N) is 2. The molecule has 2 N–H and O–H groups in total. The van der Waals surface area contributed by atoms with E-state index in [-0.39, 0.29) is 36.1 Å². The molecule has 6 rings (SSSR count). The van der Waals surface area contributed by atoms with Gasteiger partial charge in [-0.3, -0.25) is 4.79 Å². The highest BCUT2D eigenvalue weighted by atomic mass is 19.4. The molecule has 204 valence electrons. The Morgan fingerprint density at radius 3 is 2.61 bits per heavy atom. The summed E-state index contributed by atoms with van der Waals surface area (Å²) in [6, 6.07) is 8.07. The fourth-order valence-electron chi connectivity index (χ4n) is 8.04. The van der Waals surface area contributed by atoms with Crippen LogP contribution in [0.3, 0.4) is 0 Å². The topological polar surface area (TPSA) is 73.2 Å². The first-order valence-corrected chi connectivity index (χ1v) is 13.2. The molecule has 2 heterocycles. The molecule has 0 radical (unpaired) electrons. The Morgan fingerprint density at radius 2 is 1.92 bits per heavy atom. The van der Waals surface area contributed by atoms with E-state index in [4.69, 9.17) is 4.74 Å². The first-order valence-electron chi connectivity index (χ1n) is 13.2. The van der Waals surface area contributed by atoms with Gasteiger partial charge in [-0.1, -0.05) is 25.1 Å². The van der Waals surface area contributed by atoms with Crippen molar-refractivity contribution < 1.29 is 32.9 Å². The highest BCUT2D eigenvalue weighted by Gasteiger charge is 2.74. The summed E-state index contributed by atoms with van der Waals surface area (Å²) in [5, 5.41) is 23.2. The first kappa shape index (κ1) is 25.5. The average molecular weight is 531 g/mol. The van der Waals surface area contributed by atoms with Crippen LogP contribution in [-0.4, -0.2) is 70.3 Å². The van der Waals surface area contributed by atoms with Crippen molar-refractivity contribution in [2.45, 2.75) is 74.4 Å². The van der Waals surface area contributed by atoms with Gasteiger partial charge in [-0.2, -0.15) is 13.2 Å². The lowest BCUT2D eigenvalue weighted by molar-refractivity contribution is -0.208. The molecule has 3 unspecified atom stereocenters. The predicted octanol–water partition coefficient (Wildman–Crippen LogP) is 3.90. The number of benzene rings is 2. The van der Waals surface area contributed by atoms with Crippen molar-refractivity contribution in [1.29, 1.82) is 0 Å². The second-order valence-corrected chi connectivity index (χ2v) is 11.7. The lowest BCUT2D eigenvalue weighted by Crippen LogP contribution is -2.79. The number of likely N-dealkylation sites (N-methyl/N-ethyl adjacent to an activating group) is 2. The first-order chi connectivity index (χ1) is 17.9. The summed E-state index contributed by atoms with van der Waals surface area (Å²) in [5.74, 6) is 0.270. The number of aryl methyl sites for hydroxylation is 1. The molecule has 2 aliphatic heterocycles. The Balaban J connectivity index is 1.30. The van der Waals surface area contributed by atoms with Gasteiger partial charge in [0.2, 0.25) is 5.91 Å². The second-order valence-electron chi connectivity index (χ2n) is 11.7. The lowest BCUT2D eigenvalue weighted by Gasteiger charge is -2.65. The van der Waals surface area contributed by atoms with E-state index in [1.165, 1.54) is 12.1 Å². The van der Waals surface area contributed by atoms with Gasteiger partial charge in [-0.05, 0) is 74.5 Å². The van der Waals surface area contributed by atoms with Gasteiger partial charge in [0.15, 0.2) is 11.5 Å². The largest absolute Gasteiger partial charge is 0.504 e. The van der Waals surface area contributed by atoms with E-state index in [9.17, 15) is 28.2 Å². The molecule has 2 fully saturated rings. The molecule has 9 heteroatoms. The minimum absolute atomic E-state index is 0.0509. The van der Waals surface area contributed by atoms with E-state index < -0.39 is 28.9 Å². The van der Waals surface area contributed by atoms with Crippen LogP contribution in [0.2, 0.25) is 0 Å². The summed E-state index contributed by atoms with van der Waals surface area (Å²) >= 11 is 0.